The molecule has 0 saturated heterocycles. The number of benzene rings is 6. The zero-order chi connectivity index (χ0) is 24.5. The fourth-order valence-electron chi connectivity index (χ4n) is 6.28. The maximum atomic E-state index is 2.39. The highest BCUT2D eigenvalue weighted by atomic mass is 15.0. The summed E-state index contributed by atoms with van der Waals surface area (Å²) in [5.41, 5.74) is 8.66. The van der Waals surface area contributed by atoms with Crippen LogP contribution < -0.4 is 0 Å². The molecule has 2 heterocycles. The lowest BCUT2D eigenvalue weighted by Crippen LogP contribution is -1.94. The van der Waals surface area contributed by atoms with E-state index in [2.05, 4.69) is 144 Å². The van der Waals surface area contributed by atoms with Gasteiger partial charge in [-0.3, -0.25) is 0 Å². The molecule has 0 N–H and O–H groups in total. The van der Waals surface area contributed by atoms with Crippen LogP contribution in [0.1, 0.15) is 0 Å². The molecule has 0 unspecified atom stereocenters. The molecule has 6 aromatic carbocycles. The fraction of sp³-hybridized carbons (Fsp3) is 0.0286. The molecule has 0 saturated carbocycles. The first-order chi connectivity index (χ1) is 18.3. The Labute approximate surface area is 214 Å². The van der Waals surface area contributed by atoms with Crippen molar-refractivity contribution in [3.63, 3.8) is 0 Å². The molecule has 2 heteroatoms. The maximum absolute atomic E-state index is 2.39. The maximum Gasteiger partial charge on any atom is 0.0568 e. The van der Waals surface area contributed by atoms with Gasteiger partial charge in [-0.2, -0.15) is 0 Å². The summed E-state index contributed by atoms with van der Waals surface area (Å²) in [6.45, 7) is 0. The summed E-state index contributed by atoms with van der Waals surface area (Å²) in [4.78, 5) is 0. The minimum absolute atomic E-state index is 1.18. The summed E-state index contributed by atoms with van der Waals surface area (Å²) in [7, 11) is 2.20. The first-order valence-corrected chi connectivity index (χ1v) is 12.8. The summed E-state index contributed by atoms with van der Waals surface area (Å²) in [5, 5.41) is 7.78. The predicted octanol–water partition coefficient (Wildman–Crippen LogP) is 9.25. The Morgan fingerprint density at radius 3 is 2.11 bits per heavy atom. The Morgan fingerprint density at radius 2 is 1.22 bits per heavy atom. The van der Waals surface area contributed by atoms with Crippen LogP contribution in [0.2, 0.25) is 0 Å². The fourth-order valence-corrected chi connectivity index (χ4v) is 6.28. The van der Waals surface area contributed by atoms with E-state index in [1.165, 1.54) is 71.2 Å². The third-order valence-corrected chi connectivity index (χ3v) is 7.91. The van der Waals surface area contributed by atoms with Gasteiger partial charge < -0.3 is 9.13 Å². The zero-order valence-corrected chi connectivity index (χ0v) is 20.5. The number of hydrogen-bond donors (Lipinski definition) is 0. The van der Waals surface area contributed by atoms with E-state index in [1.54, 1.807) is 0 Å². The monoisotopic (exact) mass is 472 g/mol. The number of rotatable bonds is 2. The molecule has 8 aromatic rings. The highest BCUT2D eigenvalue weighted by Gasteiger charge is 2.17. The second-order valence-corrected chi connectivity index (χ2v) is 9.86. The summed E-state index contributed by atoms with van der Waals surface area (Å²) in [6.07, 6.45) is 0. The topological polar surface area (TPSA) is 9.86 Å². The third kappa shape index (κ3) is 2.81. The van der Waals surface area contributed by atoms with E-state index in [0.717, 1.165) is 0 Å². The van der Waals surface area contributed by atoms with Crippen molar-refractivity contribution in [3.05, 3.63) is 127 Å². The van der Waals surface area contributed by atoms with Crippen molar-refractivity contribution < 1.29 is 0 Å². The first-order valence-electron chi connectivity index (χ1n) is 12.8. The molecular formula is C35H24N2. The third-order valence-electron chi connectivity index (χ3n) is 7.91. The molecule has 0 aliphatic carbocycles. The van der Waals surface area contributed by atoms with Crippen LogP contribution in [-0.2, 0) is 7.05 Å². The molecule has 174 valence electrons. The lowest BCUT2D eigenvalue weighted by molar-refractivity contribution is 1.02. The Hall–Kier alpha value is -4.82. The summed E-state index contributed by atoms with van der Waals surface area (Å²) < 4.78 is 4.76. The largest absolute Gasteiger partial charge is 0.343 e. The van der Waals surface area contributed by atoms with Crippen LogP contribution in [0.15, 0.2) is 127 Å². The van der Waals surface area contributed by atoms with Gasteiger partial charge in [0.2, 0.25) is 0 Å². The number of aryl methyl sites for hydroxylation is 1. The van der Waals surface area contributed by atoms with Gasteiger partial charge in [-0.25, -0.2) is 0 Å². The molecule has 0 aliphatic rings. The van der Waals surface area contributed by atoms with Gasteiger partial charge in [-0.05, 0) is 46.7 Å². The van der Waals surface area contributed by atoms with Gasteiger partial charge in [0.25, 0.3) is 0 Å². The normalized spacial score (nSPS) is 11.9. The Kier molecular flexibility index (Phi) is 4.18. The Bertz CT molecular complexity index is 2140. The van der Waals surface area contributed by atoms with Crippen molar-refractivity contribution in [3.8, 4) is 16.8 Å². The number of aromatic nitrogens is 2. The van der Waals surface area contributed by atoms with Crippen LogP contribution >= 0.6 is 0 Å². The van der Waals surface area contributed by atoms with Crippen molar-refractivity contribution in [2.45, 2.75) is 0 Å². The molecule has 0 atom stereocenters. The van der Waals surface area contributed by atoms with Gasteiger partial charge in [0.15, 0.2) is 0 Å². The Balaban J connectivity index is 1.47. The van der Waals surface area contributed by atoms with Crippen molar-refractivity contribution in [2.24, 2.45) is 7.05 Å². The lowest BCUT2D eigenvalue weighted by Gasteiger charge is -2.10. The molecule has 8 rings (SSSR count). The molecule has 0 amide bonds. The predicted molar refractivity (Wildman–Crippen MR) is 158 cm³/mol. The average molecular weight is 473 g/mol. The van der Waals surface area contributed by atoms with Crippen molar-refractivity contribution in [2.75, 3.05) is 0 Å². The summed E-state index contributed by atoms with van der Waals surface area (Å²) in [6, 6.07) is 46.3. The molecule has 2 nitrogen and oxygen atoms in total. The second kappa shape index (κ2) is 7.59. The van der Waals surface area contributed by atoms with E-state index >= 15 is 0 Å². The van der Waals surface area contributed by atoms with E-state index in [4.69, 9.17) is 0 Å². The van der Waals surface area contributed by atoms with Gasteiger partial charge in [0, 0.05) is 45.4 Å². The molecule has 37 heavy (non-hydrogen) atoms. The van der Waals surface area contributed by atoms with E-state index < -0.39 is 0 Å². The zero-order valence-electron chi connectivity index (χ0n) is 20.5. The van der Waals surface area contributed by atoms with Gasteiger partial charge >= 0.3 is 0 Å². The molecule has 0 fully saturated rings. The van der Waals surface area contributed by atoms with Crippen LogP contribution in [-0.4, -0.2) is 9.13 Å². The van der Waals surface area contributed by atoms with E-state index in [9.17, 15) is 0 Å². The first kappa shape index (κ1) is 20.4. The van der Waals surface area contributed by atoms with Crippen LogP contribution in [0.3, 0.4) is 0 Å². The molecule has 2 aromatic heterocycles. The van der Waals surface area contributed by atoms with Gasteiger partial charge in [-0.15, -0.1) is 0 Å². The van der Waals surface area contributed by atoms with Crippen molar-refractivity contribution >= 4 is 54.4 Å². The van der Waals surface area contributed by atoms with Crippen LogP contribution in [0.4, 0.5) is 0 Å². The lowest BCUT2D eigenvalue weighted by atomic mass is 9.99. The highest BCUT2D eigenvalue weighted by Crippen LogP contribution is 2.40. The molecule has 0 aliphatic heterocycles. The summed E-state index contributed by atoms with van der Waals surface area (Å²) >= 11 is 0. The number of hydrogen-bond acceptors (Lipinski definition) is 0. The van der Waals surface area contributed by atoms with E-state index in [-0.39, 0.29) is 0 Å². The number of para-hydroxylation sites is 3. The van der Waals surface area contributed by atoms with Gasteiger partial charge in [0.05, 0.1) is 16.6 Å². The minimum Gasteiger partial charge on any atom is -0.343 e. The SMILES string of the molecule is Cn1c2ccc3ccccc3c2c2cccc(-c3ccc4c5ccccc5n(-c5ccccc5)c4c3)c21. The minimum atomic E-state index is 1.18. The number of nitrogens with zero attached hydrogens (tertiary/aromatic N) is 2. The van der Waals surface area contributed by atoms with Gasteiger partial charge in [-0.1, -0.05) is 97.1 Å². The van der Waals surface area contributed by atoms with E-state index in [0.29, 0.717) is 0 Å². The highest BCUT2D eigenvalue weighted by molar-refractivity contribution is 6.23. The molecular weight excluding hydrogens is 448 g/mol. The van der Waals surface area contributed by atoms with E-state index in [1.807, 2.05) is 0 Å². The summed E-state index contributed by atoms with van der Waals surface area (Å²) in [5.74, 6) is 0. The number of fused-ring (bicyclic) bond motifs is 8. The van der Waals surface area contributed by atoms with Crippen LogP contribution in [0, 0.1) is 0 Å². The quantitative estimate of drug-likeness (QED) is 0.237. The van der Waals surface area contributed by atoms with Crippen molar-refractivity contribution in [1.82, 2.24) is 9.13 Å². The molecule has 0 bridgehead atoms. The Morgan fingerprint density at radius 1 is 0.486 bits per heavy atom. The smallest absolute Gasteiger partial charge is 0.0568 e. The molecule has 0 radical (unpaired) electrons. The average Bonchev–Trinajstić information content (AvgIpc) is 3.45. The van der Waals surface area contributed by atoms with Crippen molar-refractivity contribution in [1.29, 1.82) is 0 Å². The van der Waals surface area contributed by atoms with Crippen LogP contribution in [0.25, 0.3) is 71.2 Å². The molecule has 0 spiro atoms. The van der Waals surface area contributed by atoms with Crippen LogP contribution in [0.5, 0.6) is 0 Å². The second-order valence-electron chi connectivity index (χ2n) is 9.86. The van der Waals surface area contributed by atoms with Gasteiger partial charge in [0.1, 0.15) is 0 Å². The standard InChI is InChI=1S/C35H24N2/c1-36-32-21-19-23-10-5-6-13-26(23)34(32)30-16-9-15-27(35(30)36)24-18-20-29-28-14-7-8-17-31(28)37(33(29)22-24)25-11-3-2-4-12-25/h2-22H,1H3.